The molecule has 0 fully saturated rings. The van der Waals surface area contributed by atoms with Crippen LogP contribution in [-0.2, 0) is 9.53 Å². The van der Waals surface area contributed by atoms with E-state index in [2.05, 4.69) is 15.0 Å². The second-order valence-corrected chi connectivity index (χ2v) is 3.54. The minimum absolute atomic E-state index is 0.127. The molecule has 0 aliphatic rings. The van der Waals surface area contributed by atoms with Crippen molar-refractivity contribution in [3.8, 4) is 0 Å². The second kappa shape index (κ2) is 4.69. The fourth-order valence-electron chi connectivity index (χ4n) is 1.52. The van der Waals surface area contributed by atoms with Crippen molar-refractivity contribution in [3.63, 3.8) is 0 Å². The predicted molar refractivity (Wildman–Crippen MR) is 62.6 cm³/mol. The van der Waals surface area contributed by atoms with Crippen molar-refractivity contribution in [2.45, 2.75) is 0 Å². The summed E-state index contributed by atoms with van der Waals surface area (Å²) in [5.41, 5.74) is 1.39. The van der Waals surface area contributed by atoms with E-state index in [1.165, 1.54) is 7.11 Å². The first-order valence-corrected chi connectivity index (χ1v) is 5.13. The Kier molecular flexibility index (Phi) is 3.09. The molecule has 0 atom stereocenters. The molecule has 1 heterocycles. The molecule has 0 aliphatic carbocycles. The molecule has 5 nitrogen and oxygen atoms in total. The largest absolute Gasteiger partial charge is 0.468 e. The minimum atomic E-state index is -0.473. The molecule has 1 amide bonds. The van der Waals surface area contributed by atoms with Crippen LogP contribution in [0.1, 0.15) is 10.4 Å². The summed E-state index contributed by atoms with van der Waals surface area (Å²) in [5, 5.41) is 3.52. The third-order valence-electron chi connectivity index (χ3n) is 2.44. The number of nitrogens with one attached hydrogen (secondary N) is 2. The average Bonchev–Trinajstić information content (AvgIpc) is 2.82. The van der Waals surface area contributed by atoms with Crippen LogP contribution in [0.25, 0.3) is 10.9 Å². The minimum Gasteiger partial charge on any atom is -0.468 e. The molecule has 88 valence electrons. The van der Waals surface area contributed by atoms with E-state index in [-0.39, 0.29) is 12.5 Å². The zero-order valence-corrected chi connectivity index (χ0v) is 9.32. The van der Waals surface area contributed by atoms with Gasteiger partial charge in [-0.15, -0.1) is 0 Å². The van der Waals surface area contributed by atoms with Crippen LogP contribution in [0.2, 0.25) is 0 Å². The monoisotopic (exact) mass is 232 g/mol. The number of carbonyl (C=O) groups is 2. The molecule has 0 radical (unpaired) electrons. The highest BCUT2D eigenvalue weighted by atomic mass is 16.5. The lowest BCUT2D eigenvalue weighted by Gasteiger charge is -2.03. The molecular formula is C12H12N2O3. The summed E-state index contributed by atoms with van der Waals surface area (Å²) >= 11 is 0. The fraction of sp³-hybridized carbons (Fsp3) is 0.167. The van der Waals surface area contributed by atoms with Crippen LogP contribution in [-0.4, -0.2) is 30.5 Å². The normalized spacial score (nSPS) is 10.2. The Morgan fingerprint density at radius 2 is 2.18 bits per heavy atom. The number of ether oxygens (including phenoxy) is 1. The summed E-state index contributed by atoms with van der Waals surface area (Å²) in [6, 6.07) is 7.22. The van der Waals surface area contributed by atoms with Crippen molar-refractivity contribution >= 4 is 22.8 Å². The van der Waals surface area contributed by atoms with Gasteiger partial charge in [-0.1, -0.05) is 6.07 Å². The maximum Gasteiger partial charge on any atom is 0.325 e. The standard InChI is InChI=1S/C12H12N2O3/c1-17-11(15)7-14-12(16)9-3-2-8-4-5-13-10(8)6-9/h2-6,13H,7H2,1H3,(H,14,16). The van der Waals surface area contributed by atoms with Gasteiger partial charge in [-0.05, 0) is 23.6 Å². The molecule has 2 rings (SSSR count). The third-order valence-corrected chi connectivity index (χ3v) is 2.44. The van der Waals surface area contributed by atoms with Gasteiger partial charge in [0, 0.05) is 17.3 Å². The Hall–Kier alpha value is -2.30. The van der Waals surface area contributed by atoms with E-state index in [1.54, 1.807) is 18.3 Å². The SMILES string of the molecule is COC(=O)CNC(=O)c1ccc2cc[nH]c2c1. The van der Waals surface area contributed by atoms with Crippen LogP contribution in [0.15, 0.2) is 30.5 Å². The van der Waals surface area contributed by atoms with E-state index in [9.17, 15) is 9.59 Å². The smallest absolute Gasteiger partial charge is 0.325 e. The molecule has 1 aromatic carbocycles. The Balaban J connectivity index is 2.10. The van der Waals surface area contributed by atoms with Gasteiger partial charge >= 0.3 is 5.97 Å². The van der Waals surface area contributed by atoms with Crippen LogP contribution in [0.4, 0.5) is 0 Å². The van der Waals surface area contributed by atoms with E-state index in [0.29, 0.717) is 5.56 Å². The Morgan fingerprint density at radius 1 is 1.35 bits per heavy atom. The molecular weight excluding hydrogens is 220 g/mol. The van der Waals surface area contributed by atoms with Crippen molar-refractivity contribution in [2.24, 2.45) is 0 Å². The van der Waals surface area contributed by atoms with Crippen molar-refractivity contribution in [1.29, 1.82) is 0 Å². The van der Waals surface area contributed by atoms with Gasteiger partial charge in [0.05, 0.1) is 7.11 Å². The van der Waals surface area contributed by atoms with E-state index in [1.807, 2.05) is 12.1 Å². The number of aromatic nitrogens is 1. The molecule has 0 saturated heterocycles. The summed E-state index contributed by atoms with van der Waals surface area (Å²) in [6.45, 7) is -0.127. The molecule has 0 aliphatic heterocycles. The highest BCUT2D eigenvalue weighted by Gasteiger charge is 2.08. The van der Waals surface area contributed by atoms with Gasteiger partial charge in [0.15, 0.2) is 0 Å². The number of fused-ring (bicyclic) bond motifs is 1. The number of aromatic amines is 1. The quantitative estimate of drug-likeness (QED) is 0.777. The van der Waals surface area contributed by atoms with Crippen LogP contribution in [0.3, 0.4) is 0 Å². The molecule has 2 aromatic rings. The van der Waals surface area contributed by atoms with E-state index in [4.69, 9.17) is 0 Å². The number of rotatable bonds is 3. The summed E-state index contributed by atoms with van der Waals surface area (Å²) in [7, 11) is 1.28. The van der Waals surface area contributed by atoms with Crippen LogP contribution in [0.5, 0.6) is 0 Å². The highest BCUT2D eigenvalue weighted by molar-refractivity contribution is 5.99. The topological polar surface area (TPSA) is 71.2 Å². The molecule has 17 heavy (non-hydrogen) atoms. The van der Waals surface area contributed by atoms with Crippen LogP contribution in [0, 0.1) is 0 Å². The fourth-order valence-corrected chi connectivity index (χ4v) is 1.52. The molecule has 5 heteroatoms. The zero-order chi connectivity index (χ0) is 12.3. The maximum absolute atomic E-state index is 11.7. The number of carbonyl (C=O) groups excluding carboxylic acids is 2. The van der Waals surface area contributed by atoms with Gasteiger partial charge in [0.25, 0.3) is 5.91 Å². The summed E-state index contributed by atoms with van der Waals surface area (Å²) < 4.78 is 4.43. The summed E-state index contributed by atoms with van der Waals surface area (Å²) in [6.07, 6.45) is 1.81. The lowest BCUT2D eigenvalue weighted by Crippen LogP contribution is -2.30. The van der Waals surface area contributed by atoms with E-state index >= 15 is 0 Å². The van der Waals surface area contributed by atoms with Crippen molar-refractivity contribution in [1.82, 2.24) is 10.3 Å². The molecule has 0 unspecified atom stereocenters. The first kappa shape index (κ1) is 11.2. The Labute approximate surface area is 97.8 Å². The first-order valence-electron chi connectivity index (χ1n) is 5.13. The molecule has 0 bridgehead atoms. The van der Waals surface area contributed by atoms with Crippen LogP contribution >= 0.6 is 0 Å². The van der Waals surface area contributed by atoms with Gasteiger partial charge in [0.2, 0.25) is 0 Å². The number of H-pyrrole nitrogens is 1. The molecule has 1 aromatic heterocycles. The van der Waals surface area contributed by atoms with E-state index in [0.717, 1.165) is 10.9 Å². The van der Waals surface area contributed by atoms with Gasteiger partial charge in [0.1, 0.15) is 6.54 Å². The number of amides is 1. The number of methoxy groups -OCH3 is 1. The number of hydrogen-bond acceptors (Lipinski definition) is 3. The summed E-state index contributed by atoms with van der Waals surface area (Å²) in [4.78, 5) is 25.6. The van der Waals surface area contributed by atoms with Gasteiger partial charge < -0.3 is 15.0 Å². The Bertz CT molecular complexity index is 560. The van der Waals surface area contributed by atoms with Gasteiger partial charge in [-0.2, -0.15) is 0 Å². The molecule has 0 saturated carbocycles. The predicted octanol–water partition coefficient (Wildman–Crippen LogP) is 1.07. The molecule has 0 spiro atoms. The lowest BCUT2D eigenvalue weighted by molar-refractivity contribution is -0.139. The number of benzene rings is 1. The number of esters is 1. The van der Waals surface area contributed by atoms with Gasteiger partial charge in [-0.3, -0.25) is 9.59 Å². The van der Waals surface area contributed by atoms with Crippen LogP contribution < -0.4 is 5.32 Å². The van der Waals surface area contributed by atoms with Crippen molar-refractivity contribution < 1.29 is 14.3 Å². The third kappa shape index (κ3) is 2.44. The maximum atomic E-state index is 11.7. The highest BCUT2D eigenvalue weighted by Crippen LogP contribution is 2.13. The lowest BCUT2D eigenvalue weighted by atomic mass is 10.1. The zero-order valence-electron chi connectivity index (χ0n) is 9.32. The molecule has 2 N–H and O–H groups in total. The second-order valence-electron chi connectivity index (χ2n) is 3.54. The van der Waals surface area contributed by atoms with Crippen molar-refractivity contribution in [3.05, 3.63) is 36.0 Å². The van der Waals surface area contributed by atoms with E-state index < -0.39 is 5.97 Å². The first-order chi connectivity index (χ1) is 8.20. The Morgan fingerprint density at radius 3 is 2.94 bits per heavy atom. The number of hydrogen-bond donors (Lipinski definition) is 2. The summed E-state index contributed by atoms with van der Waals surface area (Å²) in [5.74, 6) is -0.772. The van der Waals surface area contributed by atoms with Gasteiger partial charge in [-0.25, -0.2) is 0 Å². The van der Waals surface area contributed by atoms with Crippen molar-refractivity contribution in [2.75, 3.05) is 13.7 Å². The average molecular weight is 232 g/mol.